The first kappa shape index (κ1) is 12.6. The molecular formula is C15H15N3O2. The van der Waals surface area contributed by atoms with Gasteiger partial charge in [-0.2, -0.15) is 5.10 Å². The van der Waals surface area contributed by atoms with Gasteiger partial charge in [0.25, 0.3) is 5.56 Å². The quantitative estimate of drug-likeness (QED) is 0.895. The number of anilines is 1. The Hall–Kier alpha value is -2.43. The second-order valence-electron chi connectivity index (χ2n) is 5.19. The summed E-state index contributed by atoms with van der Waals surface area (Å²) in [5, 5.41) is 9.27. The fourth-order valence-corrected chi connectivity index (χ4v) is 2.15. The highest BCUT2D eigenvalue weighted by atomic mass is 16.2. The molecule has 2 N–H and O–H groups in total. The molecule has 2 atom stereocenters. The first-order valence-electron chi connectivity index (χ1n) is 6.60. The van der Waals surface area contributed by atoms with Gasteiger partial charge >= 0.3 is 0 Å². The fourth-order valence-electron chi connectivity index (χ4n) is 2.15. The molecule has 0 radical (unpaired) electrons. The van der Waals surface area contributed by atoms with Crippen LogP contribution in [-0.4, -0.2) is 16.1 Å². The Morgan fingerprint density at radius 3 is 2.50 bits per heavy atom. The molecule has 20 heavy (non-hydrogen) atoms. The van der Waals surface area contributed by atoms with Gasteiger partial charge in [-0.05, 0) is 30.5 Å². The number of amides is 1. The molecule has 2 aromatic rings. The van der Waals surface area contributed by atoms with Crippen LogP contribution in [0.25, 0.3) is 11.3 Å². The largest absolute Gasteiger partial charge is 0.326 e. The minimum absolute atomic E-state index is 0.0902. The molecule has 0 spiro atoms. The summed E-state index contributed by atoms with van der Waals surface area (Å²) in [6.45, 7) is 2.08. The molecular weight excluding hydrogens is 254 g/mol. The normalized spacial score (nSPS) is 20.4. The van der Waals surface area contributed by atoms with Crippen LogP contribution in [0.5, 0.6) is 0 Å². The highest BCUT2D eigenvalue weighted by Crippen LogP contribution is 2.38. The molecule has 1 saturated carbocycles. The van der Waals surface area contributed by atoms with Crippen LogP contribution in [0.15, 0.2) is 41.2 Å². The number of aromatic nitrogens is 2. The van der Waals surface area contributed by atoms with E-state index in [1.807, 2.05) is 24.3 Å². The molecule has 1 aromatic carbocycles. The van der Waals surface area contributed by atoms with Crippen LogP contribution >= 0.6 is 0 Å². The molecule has 3 rings (SSSR count). The summed E-state index contributed by atoms with van der Waals surface area (Å²) >= 11 is 0. The fraction of sp³-hybridized carbons (Fsp3) is 0.267. The van der Waals surface area contributed by atoms with Gasteiger partial charge in [0.05, 0.1) is 5.69 Å². The van der Waals surface area contributed by atoms with E-state index in [0.717, 1.165) is 17.7 Å². The van der Waals surface area contributed by atoms with E-state index in [1.54, 1.807) is 6.07 Å². The van der Waals surface area contributed by atoms with Crippen LogP contribution in [0.2, 0.25) is 0 Å². The summed E-state index contributed by atoms with van der Waals surface area (Å²) in [4.78, 5) is 22.8. The lowest BCUT2D eigenvalue weighted by Gasteiger charge is -2.05. The number of hydrogen-bond acceptors (Lipinski definition) is 3. The second-order valence-corrected chi connectivity index (χ2v) is 5.19. The molecule has 1 aliphatic carbocycles. The van der Waals surface area contributed by atoms with Crippen LogP contribution < -0.4 is 10.9 Å². The molecule has 0 saturated heterocycles. The third kappa shape index (κ3) is 2.61. The van der Waals surface area contributed by atoms with Gasteiger partial charge in [0.1, 0.15) is 0 Å². The molecule has 102 valence electrons. The number of rotatable bonds is 3. The number of aromatic amines is 1. The molecule has 1 fully saturated rings. The van der Waals surface area contributed by atoms with Gasteiger partial charge in [-0.1, -0.05) is 19.1 Å². The SMILES string of the molecule is C[C@@H]1C[C@H]1C(=O)Nc1ccc(-c2ccc(=O)[nH]n2)cc1. The molecule has 0 unspecified atom stereocenters. The summed E-state index contributed by atoms with van der Waals surface area (Å²) in [6.07, 6.45) is 0.977. The third-order valence-electron chi connectivity index (χ3n) is 3.57. The molecule has 5 heteroatoms. The average molecular weight is 269 g/mol. The molecule has 5 nitrogen and oxygen atoms in total. The summed E-state index contributed by atoms with van der Waals surface area (Å²) < 4.78 is 0. The number of nitrogens with one attached hydrogen (secondary N) is 2. The number of carbonyl (C=O) groups excluding carboxylic acids is 1. The van der Waals surface area contributed by atoms with Crippen LogP contribution in [0.4, 0.5) is 5.69 Å². The first-order valence-corrected chi connectivity index (χ1v) is 6.60. The lowest BCUT2D eigenvalue weighted by atomic mass is 10.1. The monoisotopic (exact) mass is 269 g/mol. The zero-order chi connectivity index (χ0) is 14.1. The van der Waals surface area contributed by atoms with Crippen molar-refractivity contribution < 1.29 is 4.79 Å². The van der Waals surface area contributed by atoms with Gasteiger partial charge in [0.2, 0.25) is 5.91 Å². The van der Waals surface area contributed by atoms with Crippen LogP contribution in [0, 0.1) is 11.8 Å². The Bertz CT molecular complexity index is 671. The van der Waals surface area contributed by atoms with Gasteiger partial charge in [0, 0.05) is 23.2 Å². The van der Waals surface area contributed by atoms with Gasteiger partial charge in [0.15, 0.2) is 0 Å². The first-order chi connectivity index (χ1) is 9.63. The Kier molecular flexibility index (Phi) is 3.10. The summed E-state index contributed by atoms with van der Waals surface area (Å²) in [5.74, 6) is 0.752. The molecule has 1 aliphatic rings. The Morgan fingerprint density at radius 1 is 1.25 bits per heavy atom. The van der Waals surface area contributed by atoms with E-state index in [0.29, 0.717) is 11.6 Å². The minimum Gasteiger partial charge on any atom is -0.326 e. The van der Waals surface area contributed by atoms with E-state index >= 15 is 0 Å². The summed E-state index contributed by atoms with van der Waals surface area (Å²) in [5.41, 5.74) is 2.13. The van der Waals surface area contributed by atoms with Crippen molar-refractivity contribution in [3.8, 4) is 11.3 Å². The third-order valence-corrected chi connectivity index (χ3v) is 3.57. The van der Waals surface area contributed by atoms with Gasteiger partial charge in [-0.3, -0.25) is 9.59 Å². The summed E-state index contributed by atoms with van der Waals surface area (Å²) in [7, 11) is 0. The number of nitrogens with zero attached hydrogens (tertiary/aromatic N) is 1. The topological polar surface area (TPSA) is 74.8 Å². The van der Waals surface area contributed by atoms with Crippen molar-refractivity contribution in [1.82, 2.24) is 10.2 Å². The number of carbonyl (C=O) groups is 1. The second kappa shape index (κ2) is 4.92. The van der Waals surface area contributed by atoms with Crippen molar-refractivity contribution in [1.29, 1.82) is 0 Å². The molecule has 1 heterocycles. The molecule has 1 amide bonds. The zero-order valence-electron chi connectivity index (χ0n) is 11.1. The number of H-pyrrole nitrogens is 1. The number of benzene rings is 1. The predicted molar refractivity (Wildman–Crippen MR) is 76.2 cm³/mol. The van der Waals surface area contributed by atoms with Crippen molar-refractivity contribution >= 4 is 11.6 Å². The van der Waals surface area contributed by atoms with E-state index in [1.165, 1.54) is 6.07 Å². The molecule has 0 bridgehead atoms. The zero-order valence-corrected chi connectivity index (χ0v) is 11.1. The highest BCUT2D eigenvalue weighted by molar-refractivity contribution is 5.94. The Balaban J connectivity index is 1.72. The van der Waals surface area contributed by atoms with Crippen molar-refractivity contribution in [3.05, 3.63) is 46.8 Å². The maximum atomic E-state index is 11.8. The van der Waals surface area contributed by atoms with Crippen molar-refractivity contribution in [2.24, 2.45) is 11.8 Å². The maximum absolute atomic E-state index is 11.8. The smallest absolute Gasteiger partial charge is 0.264 e. The molecule has 0 aliphatic heterocycles. The van der Waals surface area contributed by atoms with E-state index in [4.69, 9.17) is 0 Å². The molecule has 1 aromatic heterocycles. The van der Waals surface area contributed by atoms with E-state index < -0.39 is 0 Å². The lowest BCUT2D eigenvalue weighted by molar-refractivity contribution is -0.117. The van der Waals surface area contributed by atoms with Crippen molar-refractivity contribution in [2.45, 2.75) is 13.3 Å². The van der Waals surface area contributed by atoms with E-state index in [-0.39, 0.29) is 17.4 Å². The van der Waals surface area contributed by atoms with Crippen LogP contribution in [-0.2, 0) is 4.79 Å². The lowest BCUT2D eigenvalue weighted by Crippen LogP contribution is -2.14. The van der Waals surface area contributed by atoms with Gasteiger partial charge < -0.3 is 5.32 Å². The standard InChI is InChI=1S/C15H15N3O2/c1-9-8-12(9)15(20)16-11-4-2-10(3-5-11)13-6-7-14(19)18-17-13/h2-7,9,12H,8H2,1H3,(H,16,20)(H,18,19)/t9-,12-/m1/s1. The van der Waals surface area contributed by atoms with Crippen LogP contribution in [0.3, 0.4) is 0 Å². The maximum Gasteiger partial charge on any atom is 0.264 e. The van der Waals surface area contributed by atoms with Crippen molar-refractivity contribution in [3.63, 3.8) is 0 Å². The average Bonchev–Trinajstić information content (AvgIpc) is 3.18. The summed E-state index contributed by atoms with van der Waals surface area (Å²) in [6, 6.07) is 10.5. The van der Waals surface area contributed by atoms with Crippen molar-refractivity contribution in [2.75, 3.05) is 5.32 Å². The Labute approximate surface area is 116 Å². The minimum atomic E-state index is -0.226. The predicted octanol–water partition coefficient (Wildman–Crippen LogP) is 2.03. The van der Waals surface area contributed by atoms with Gasteiger partial charge in [-0.15, -0.1) is 0 Å². The number of hydrogen-bond donors (Lipinski definition) is 2. The van der Waals surface area contributed by atoms with E-state index in [9.17, 15) is 9.59 Å². The van der Waals surface area contributed by atoms with Gasteiger partial charge in [-0.25, -0.2) is 5.10 Å². The van der Waals surface area contributed by atoms with Crippen LogP contribution in [0.1, 0.15) is 13.3 Å². The van der Waals surface area contributed by atoms with E-state index in [2.05, 4.69) is 22.4 Å². The Morgan fingerprint density at radius 2 is 1.95 bits per heavy atom. The highest BCUT2D eigenvalue weighted by Gasteiger charge is 2.38.